The predicted molar refractivity (Wildman–Crippen MR) is 116 cm³/mol. The van der Waals surface area contributed by atoms with Gasteiger partial charge in [-0.25, -0.2) is 0 Å². The van der Waals surface area contributed by atoms with Crippen molar-refractivity contribution in [3.8, 4) is 0 Å². The molecule has 4 fully saturated rings. The topological polar surface area (TPSA) is 154 Å². The first-order valence-electron chi connectivity index (χ1n) is 11.7. The Labute approximate surface area is 203 Å². The van der Waals surface area contributed by atoms with Crippen LogP contribution in [0.3, 0.4) is 0 Å². The number of fused-ring (bicyclic) bond motifs is 1. The van der Waals surface area contributed by atoms with Gasteiger partial charge in [-0.15, -0.1) is 0 Å². The first kappa shape index (κ1) is 25.3. The Morgan fingerprint density at radius 1 is 1.14 bits per heavy atom. The number of Topliss-reactive ketones (excluding diaryl/α,β-unsaturated/α-hetero) is 2. The van der Waals surface area contributed by atoms with E-state index in [0.29, 0.717) is 5.57 Å². The second-order valence-corrected chi connectivity index (χ2v) is 10.1. The molecule has 1 spiro atoms. The highest BCUT2D eigenvalue weighted by molar-refractivity contribution is 6.25. The van der Waals surface area contributed by atoms with E-state index < -0.39 is 64.6 Å². The maximum Gasteiger partial charge on any atom is 0.254 e. The van der Waals surface area contributed by atoms with E-state index in [1.54, 1.807) is 20.8 Å². The predicted octanol–water partition coefficient (Wildman–Crippen LogP) is -0.929. The summed E-state index contributed by atoms with van der Waals surface area (Å²) in [5, 5.41) is 26.7. The lowest BCUT2D eigenvalue weighted by atomic mass is 9.73. The van der Waals surface area contributed by atoms with E-state index in [1.807, 2.05) is 19.9 Å². The van der Waals surface area contributed by atoms with Crippen molar-refractivity contribution in [1.82, 2.24) is 5.32 Å². The number of rotatable bonds is 5. The number of carbonyl (C=O) groups excluding carboxylic acids is 4. The lowest BCUT2D eigenvalue weighted by molar-refractivity contribution is -0.398. The molecule has 4 saturated heterocycles. The van der Waals surface area contributed by atoms with Gasteiger partial charge in [0.15, 0.2) is 11.6 Å². The molecule has 0 unspecified atom stereocenters. The highest BCUT2D eigenvalue weighted by Crippen LogP contribution is 2.57. The van der Waals surface area contributed by atoms with Crippen LogP contribution in [0.4, 0.5) is 0 Å². The van der Waals surface area contributed by atoms with Crippen molar-refractivity contribution in [2.75, 3.05) is 6.54 Å². The van der Waals surface area contributed by atoms with E-state index in [4.69, 9.17) is 14.2 Å². The molecule has 190 valence electrons. The van der Waals surface area contributed by atoms with Crippen molar-refractivity contribution in [1.29, 1.82) is 0 Å². The van der Waals surface area contributed by atoms with E-state index in [9.17, 15) is 29.4 Å². The molecular weight excluding hydrogens is 458 g/mol. The molecule has 0 saturated carbocycles. The monoisotopic (exact) mass is 487 g/mol. The molecule has 4 aliphatic rings. The summed E-state index contributed by atoms with van der Waals surface area (Å²) in [4.78, 5) is 48.4. The minimum Gasteiger partial charge on any atom is -0.872 e. The molecule has 4 rings (SSSR count). The minimum atomic E-state index is -1.67. The molecule has 0 aromatic heterocycles. The summed E-state index contributed by atoms with van der Waals surface area (Å²) in [6, 6.07) is 0. The zero-order chi connectivity index (χ0) is 25.9. The number of carboxylic acids is 1. The SMILES string of the molecule is CC(/C=C/C([O-])=C1/C(=O)CNC1=O)=C\[C@@H](C)[C@H]1O[C@@]23O[C@H](C(=O)C[C@]2(C)O[C@H](C)[C@@H]3C(=O)[O-])[C@@H]1C. The molecular formula is C25H29NO9-2. The number of hydrogen-bond donors (Lipinski definition) is 1. The van der Waals surface area contributed by atoms with Crippen molar-refractivity contribution in [2.45, 2.75) is 70.7 Å². The largest absolute Gasteiger partial charge is 0.872 e. The summed E-state index contributed by atoms with van der Waals surface area (Å²) >= 11 is 0. The van der Waals surface area contributed by atoms with Gasteiger partial charge in [0.05, 0.1) is 36.2 Å². The zero-order valence-corrected chi connectivity index (χ0v) is 20.3. The van der Waals surface area contributed by atoms with Gasteiger partial charge in [0.2, 0.25) is 5.79 Å². The van der Waals surface area contributed by atoms with Gasteiger partial charge in [-0.1, -0.05) is 43.4 Å². The highest BCUT2D eigenvalue weighted by atomic mass is 16.8. The van der Waals surface area contributed by atoms with Crippen LogP contribution in [0.25, 0.3) is 0 Å². The first-order valence-corrected chi connectivity index (χ1v) is 11.7. The van der Waals surface area contributed by atoms with Gasteiger partial charge in [-0.3, -0.25) is 14.4 Å². The van der Waals surface area contributed by atoms with Crippen LogP contribution in [0.1, 0.15) is 41.0 Å². The highest BCUT2D eigenvalue weighted by Gasteiger charge is 2.72. The second-order valence-electron chi connectivity index (χ2n) is 10.1. The van der Waals surface area contributed by atoms with Crippen LogP contribution < -0.4 is 15.5 Å². The lowest BCUT2D eigenvalue weighted by Gasteiger charge is -2.57. The van der Waals surface area contributed by atoms with Crippen molar-refractivity contribution in [3.05, 3.63) is 35.1 Å². The number of ether oxygens (including phenoxy) is 3. The fourth-order valence-corrected chi connectivity index (χ4v) is 5.86. The fourth-order valence-electron chi connectivity index (χ4n) is 5.86. The van der Waals surface area contributed by atoms with Crippen molar-refractivity contribution >= 4 is 23.4 Å². The Bertz CT molecular complexity index is 1060. The number of carboxylic acid groups (broad SMARTS) is 1. The molecule has 8 atom stereocenters. The maximum absolute atomic E-state index is 12.9. The summed E-state index contributed by atoms with van der Waals surface area (Å²) in [7, 11) is 0. The third-order valence-corrected chi connectivity index (χ3v) is 7.46. The number of amides is 1. The molecule has 4 heterocycles. The molecule has 0 aliphatic carbocycles. The molecule has 10 heteroatoms. The molecule has 10 nitrogen and oxygen atoms in total. The average Bonchev–Trinajstić information content (AvgIpc) is 3.20. The Balaban J connectivity index is 1.62. The minimum absolute atomic E-state index is 0.0257. The van der Waals surface area contributed by atoms with E-state index in [0.717, 1.165) is 6.08 Å². The first-order chi connectivity index (χ1) is 16.3. The van der Waals surface area contributed by atoms with E-state index in [-0.39, 0.29) is 30.6 Å². The number of allylic oxidation sites excluding steroid dienone is 3. The fraction of sp³-hybridized carbons (Fsp3) is 0.600. The molecule has 35 heavy (non-hydrogen) atoms. The van der Waals surface area contributed by atoms with Crippen LogP contribution in [-0.2, 0) is 33.4 Å². The smallest absolute Gasteiger partial charge is 0.254 e. The van der Waals surface area contributed by atoms with Crippen LogP contribution >= 0.6 is 0 Å². The summed E-state index contributed by atoms with van der Waals surface area (Å²) in [5.41, 5.74) is -1.01. The number of hydrogen-bond acceptors (Lipinski definition) is 9. The van der Waals surface area contributed by atoms with Crippen LogP contribution in [0.15, 0.2) is 35.1 Å². The van der Waals surface area contributed by atoms with Gasteiger partial charge in [0.25, 0.3) is 5.91 Å². The number of carbonyl (C=O) groups is 4. The standard InChI is InChI=1S/C25H31NO9/c1-11(6-7-15(27)18-17(29)10-26-22(18)30)8-12(2)20-13(3)21-16(28)9-24(5)25(34-20,35-21)19(23(31)32)14(4)33-24/h6-8,12-14,19-21,27H,9-10H2,1-5H3,(H,26,30)(H,31,32)/p-2/b7-6+,11-8+,18-15+/t12-,13-,14-,19-,20-,21+,24+,25+/m1/s1. The summed E-state index contributed by atoms with van der Waals surface area (Å²) in [6.07, 6.45) is 2.23. The summed E-state index contributed by atoms with van der Waals surface area (Å²) < 4.78 is 18.4. The third kappa shape index (κ3) is 3.93. The molecule has 1 amide bonds. The molecule has 4 aliphatic heterocycles. The Morgan fingerprint density at radius 3 is 2.43 bits per heavy atom. The quantitative estimate of drug-likeness (QED) is 0.224. The second kappa shape index (κ2) is 8.69. The third-order valence-electron chi connectivity index (χ3n) is 7.46. The van der Waals surface area contributed by atoms with Gasteiger partial charge in [-0.2, -0.15) is 0 Å². The molecule has 0 aromatic carbocycles. The van der Waals surface area contributed by atoms with Crippen LogP contribution in [-0.4, -0.2) is 59.7 Å². The molecule has 0 aromatic rings. The van der Waals surface area contributed by atoms with Gasteiger partial charge < -0.3 is 34.5 Å². The molecule has 2 bridgehead atoms. The van der Waals surface area contributed by atoms with Crippen LogP contribution in [0.2, 0.25) is 0 Å². The van der Waals surface area contributed by atoms with Crippen molar-refractivity contribution in [2.24, 2.45) is 17.8 Å². The number of nitrogens with one attached hydrogen (secondary N) is 1. The van der Waals surface area contributed by atoms with E-state index >= 15 is 0 Å². The van der Waals surface area contributed by atoms with Gasteiger partial charge >= 0.3 is 0 Å². The Kier molecular flexibility index (Phi) is 6.27. The summed E-state index contributed by atoms with van der Waals surface area (Å²) in [5.74, 6) is -7.03. The average molecular weight is 488 g/mol. The maximum atomic E-state index is 12.9. The van der Waals surface area contributed by atoms with Crippen LogP contribution in [0.5, 0.6) is 0 Å². The van der Waals surface area contributed by atoms with Crippen LogP contribution in [0, 0.1) is 17.8 Å². The number of aliphatic carboxylic acids is 1. The Hall–Kier alpha value is -2.82. The van der Waals surface area contributed by atoms with Gasteiger partial charge in [0.1, 0.15) is 11.7 Å². The molecule has 0 radical (unpaired) electrons. The summed E-state index contributed by atoms with van der Waals surface area (Å²) in [6.45, 7) is 8.46. The van der Waals surface area contributed by atoms with E-state index in [2.05, 4.69) is 5.32 Å². The van der Waals surface area contributed by atoms with Gasteiger partial charge in [-0.05, 0) is 20.8 Å². The lowest BCUT2D eigenvalue weighted by Crippen LogP contribution is -2.72. The van der Waals surface area contributed by atoms with E-state index in [1.165, 1.54) is 6.08 Å². The van der Waals surface area contributed by atoms with Gasteiger partial charge in [0, 0.05) is 18.3 Å². The van der Waals surface area contributed by atoms with Crippen molar-refractivity contribution in [3.63, 3.8) is 0 Å². The Morgan fingerprint density at radius 2 is 1.83 bits per heavy atom. The zero-order valence-electron chi connectivity index (χ0n) is 20.3. The molecule has 1 N–H and O–H groups in total. The van der Waals surface area contributed by atoms with Crippen molar-refractivity contribution < 1.29 is 43.6 Å². The number of ketones is 2. The normalized spacial score (nSPS) is 41.7.